The van der Waals surface area contributed by atoms with Crippen molar-refractivity contribution in [3.05, 3.63) is 98.8 Å². The Balaban J connectivity index is 1.64. The van der Waals surface area contributed by atoms with Crippen LogP contribution in [0.3, 0.4) is 0 Å². The standard InChI is InChI=1S/C22H16ClN3OS/c23-16-10-5-4-9-15(16)13-26-21(17-11-6-12-28-17)18-19(14-7-2-1-3-8-14)24-25-20(18)22(26)27/h1-12,21H,13H2,(H,24,25). The highest BCUT2D eigenvalue weighted by molar-refractivity contribution is 7.10. The van der Waals surface area contributed by atoms with Gasteiger partial charge < -0.3 is 4.90 Å². The highest BCUT2D eigenvalue weighted by atomic mass is 35.5. The van der Waals surface area contributed by atoms with E-state index in [2.05, 4.69) is 16.3 Å². The molecule has 28 heavy (non-hydrogen) atoms. The van der Waals surface area contributed by atoms with E-state index in [9.17, 15) is 4.79 Å². The molecule has 1 aliphatic heterocycles. The Morgan fingerprint density at radius 1 is 1.04 bits per heavy atom. The van der Waals surface area contributed by atoms with Crippen molar-refractivity contribution < 1.29 is 4.79 Å². The molecule has 1 atom stereocenters. The zero-order valence-corrected chi connectivity index (χ0v) is 16.4. The molecule has 3 heterocycles. The van der Waals surface area contributed by atoms with Crippen molar-refractivity contribution in [2.75, 3.05) is 0 Å². The van der Waals surface area contributed by atoms with Crippen molar-refractivity contribution in [1.29, 1.82) is 0 Å². The van der Waals surface area contributed by atoms with Crippen molar-refractivity contribution in [2.45, 2.75) is 12.6 Å². The minimum absolute atomic E-state index is 0.0528. The topological polar surface area (TPSA) is 49.0 Å². The maximum atomic E-state index is 13.3. The summed E-state index contributed by atoms with van der Waals surface area (Å²) >= 11 is 8.02. The predicted molar refractivity (Wildman–Crippen MR) is 112 cm³/mol. The van der Waals surface area contributed by atoms with E-state index in [0.717, 1.165) is 27.3 Å². The molecule has 2 aromatic heterocycles. The van der Waals surface area contributed by atoms with Gasteiger partial charge in [-0.2, -0.15) is 5.10 Å². The molecular formula is C22H16ClN3OS. The number of carbonyl (C=O) groups excluding carboxylic acids is 1. The van der Waals surface area contributed by atoms with Crippen molar-refractivity contribution in [3.8, 4) is 11.3 Å². The van der Waals surface area contributed by atoms with Gasteiger partial charge in [-0.1, -0.05) is 66.2 Å². The van der Waals surface area contributed by atoms with Gasteiger partial charge in [0.05, 0.1) is 11.7 Å². The number of benzene rings is 2. The van der Waals surface area contributed by atoms with Crippen LogP contribution in [0.4, 0.5) is 0 Å². The molecule has 0 spiro atoms. The van der Waals surface area contributed by atoms with E-state index in [0.29, 0.717) is 17.3 Å². The SMILES string of the molecule is O=C1c2[nH]nc(-c3ccccc3)c2C(c2cccs2)N1Cc1ccccc1Cl. The molecule has 138 valence electrons. The maximum absolute atomic E-state index is 13.3. The summed E-state index contributed by atoms with van der Waals surface area (Å²) in [5.41, 5.74) is 4.24. The Morgan fingerprint density at radius 3 is 2.57 bits per heavy atom. The fraction of sp³-hybridized carbons (Fsp3) is 0.0909. The first kappa shape index (κ1) is 17.2. The summed E-state index contributed by atoms with van der Waals surface area (Å²) in [5, 5.41) is 10.2. The highest BCUT2D eigenvalue weighted by Gasteiger charge is 2.42. The minimum atomic E-state index is -0.187. The summed E-state index contributed by atoms with van der Waals surface area (Å²) in [6, 6.07) is 21.5. The Morgan fingerprint density at radius 2 is 1.82 bits per heavy atom. The van der Waals surface area contributed by atoms with E-state index in [1.54, 1.807) is 11.3 Å². The molecule has 4 nitrogen and oxygen atoms in total. The van der Waals surface area contributed by atoms with Gasteiger partial charge in [0, 0.05) is 27.6 Å². The number of aromatic nitrogens is 2. The van der Waals surface area contributed by atoms with Gasteiger partial charge in [0.1, 0.15) is 5.69 Å². The summed E-state index contributed by atoms with van der Waals surface area (Å²) in [7, 11) is 0. The van der Waals surface area contributed by atoms with Gasteiger partial charge in [-0.25, -0.2) is 0 Å². The number of hydrogen-bond acceptors (Lipinski definition) is 3. The first-order valence-electron chi connectivity index (χ1n) is 8.95. The van der Waals surface area contributed by atoms with Gasteiger partial charge in [-0.3, -0.25) is 9.89 Å². The molecule has 0 radical (unpaired) electrons. The van der Waals surface area contributed by atoms with Crippen LogP contribution >= 0.6 is 22.9 Å². The van der Waals surface area contributed by atoms with Crippen LogP contribution in [0, 0.1) is 0 Å². The smallest absolute Gasteiger partial charge is 0.273 e. The minimum Gasteiger partial charge on any atom is -0.321 e. The Hall–Kier alpha value is -2.89. The number of nitrogens with one attached hydrogen (secondary N) is 1. The molecular weight excluding hydrogens is 390 g/mol. The molecule has 0 aliphatic carbocycles. The van der Waals surface area contributed by atoms with E-state index in [1.807, 2.05) is 70.9 Å². The van der Waals surface area contributed by atoms with Crippen LogP contribution in [0.15, 0.2) is 72.1 Å². The third-order valence-electron chi connectivity index (χ3n) is 5.02. The summed E-state index contributed by atoms with van der Waals surface area (Å²) < 4.78 is 0. The Kier molecular flexibility index (Phi) is 4.26. The third kappa shape index (κ3) is 2.75. The lowest BCUT2D eigenvalue weighted by atomic mass is 10.0. The van der Waals surface area contributed by atoms with Crippen molar-refractivity contribution in [3.63, 3.8) is 0 Å². The molecule has 0 bridgehead atoms. The number of nitrogens with zero attached hydrogens (tertiary/aromatic N) is 2. The number of rotatable bonds is 4. The molecule has 0 fully saturated rings. The molecule has 1 N–H and O–H groups in total. The van der Waals surface area contributed by atoms with E-state index in [1.165, 1.54) is 0 Å². The molecule has 6 heteroatoms. The van der Waals surface area contributed by atoms with Crippen LogP contribution in [0.2, 0.25) is 5.02 Å². The number of amides is 1. The molecule has 1 amide bonds. The second kappa shape index (κ2) is 6.93. The summed E-state index contributed by atoms with van der Waals surface area (Å²) in [6.07, 6.45) is 0. The number of carbonyl (C=O) groups is 1. The molecule has 0 saturated heterocycles. The lowest BCUT2D eigenvalue weighted by Gasteiger charge is -2.25. The monoisotopic (exact) mass is 405 g/mol. The highest BCUT2D eigenvalue weighted by Crippen LogP contribution is 2.44. The first-order chi connectivity index (χ1) is 13.7. The maximum Gasteiger partial charge on any atom is 0.273 e. The predicted octanol–water partition coefficient (Wildman–Crippen LogP) is 5.54. The first-order valence-corrected chi connectivity index (χ1v) is 10.2. The number of thiophene rings is 1. The normalized spacial score (nSPS) is 15.8. The third-order valence-corrected chi connectivity index (χ3v) is 6.32. The number of aromatic amines is 1. The van der Waals surface area contributed by atoms with Gasteiger partial charge in [0.2, 0.25) is 0 Å². The average molecular weight is 406 g/mol. The van der Waals surface area contributed by atoms with E-state index < -0.39 is 0 Å². The van der Waals surface area contributed by atoms with Crippen molar-refractivity contribution in [1.82, 2.24) is 15.1 Å². The fourth-order valence-corrected chi connectivity index (χ4v) is 4.77. The van der Waals surface area contributed by atoms with E-state index in [4.69, 9.17) is 11.6 Å². The largest absolute Gasteiger partial charge is 0.321 e. The molecule has 2 aromatic carbocycles. The fourth-order valence-electron chi connectivity index (χ4n) is 3.73. The summed E-state index contributed by atoms with van der Waals surface area (Å²) in [5.74, 6) is -0.0528. The lowest BCUT2D eigenvalue weighted by molar-refractivity contribution is 0.0732. The van der Waals surface area contributed by atoms with Gasteiger partial charge >= 0.3 is 0 Å². The number of H-pyrrole nitrogens is 1. The average Bonchev–Trinajstić information content (AvgIpc) is 3.44. The molecule has 1 unspecified atom stereocenters. The van der Waals surface area contributed by atoms with Gasteiger partial charge in [-0.15, -0.1) is 11.3 Å². The van der Waals surface area contributed by atoms with Crippen LogP contribution < -0.4 is 0 Å². The lowest BCUT2D eigenvalue weighted by Crippen LogP contribution is -2.28. The number of fused-ring (bicyclic) bond motifs is 1. The second-order valence-corrected chi connectivity index (χ2v) is 8.06. The molecule has 0 saturated carbocycles. The zero-order chi connectivity index (χ0) is 19.1. The van der Waals surface area contributed by atoms with E-state index >= 15 is 0 Å². The number of hydrogen-bond donors (Lipinski definition) is 1. The molecule has 4 aromatic rings. The molecule has 1 aliphatic rings. The van der Waals surface area contributed by atoms with Gasteiger partial charge in [0.25, 0.3) is 5.91 Å². The van der Waals surface area contributed by atoms with Gasteiger partial charge in [0.15, 0.2) is 0 Å². The van der Waals surface area contributed by atoms with Crippen LogP contribution in [0.5, 0.6) is 0 Å². The summed E-state index contributed by atoms with van der Waals surface area (Å²) in [6.45, 7) is 0.442. The van der Waals surface area contributed by atoms with Crippen LogP contribution in [-0.2, 0) is 6.54 Å². The van der Waals surface area contributed by atoms with Crippen LogP contribution in [0.25, 0.3) is 11.3 Å². The van der Waals surface area contributed by atoms with Gasteiger partial charge in [-0.05, 0) is 23.1 Å². The quantitative estimate of drug-likeness (QED) is 0.484. The van der Waals surface area contributed by atoms with Crippen molar-refractivity contribution in [2.24, 2.45) is 0 Å². The van der Waals surface area contributed by atoms with Crippen LogP contribution in [-0.4, -0.2) is 21.0 Å². The van der Waals surface area contributed by atoms with E-state index in [-0.39, 0.29) is 11.9 Å². The Bertz CT molecular complexity index is 1140. The number of halogens is 1. The zero-order valence-electron chi connectivity index (χ0n) is 14.8. The molecule has 5 rings (SSSR count). The summed E-state index contributed by atoms with van der Waals surface area (Å²) in [4.78, 5) is 16.3. The Labute approximate surface area is 171 Å². The second-order valence-electron chi connectivity index (χ2n) is 6.67. The van der Waals surface area contributed by atoms with Crippen LogP contribution in [0.1, 0.15) is 32.5 Å². The van der Waals surface area contributed by atoms with Crippen molar-refractivity contribution >= 4 is 28.8 Å².